The normalized spacial score (nSPS) is 11.3. The lowest BCUT2D eigenvalue weighted by Crippen LogP contribution is -2.38. The average Bonchev–Trinajstić information content (AvgIpc) is 3.09. The van der Waals surface area contributed by atoms with E-state index >= 15 is 0 Å². The van der Waals surface area contributed by atoms with Crippen LogP contribution in [0.5, 0.6) is 0 Å². The minimum atomic E-state index is 0. The Morgan fingerprint density at radius 3 is 2.69 bits per heavy atom. The molecule has 7 nitrogen and oxygen atoms in total. The smallest absolute Gasteiger partial charge is 0.191 e. The first-order chi connectivity index (χ1) is 12.2. The molecule has 0 aliphatic rings. The minimum Gasteiger partial charge on any atom is -0.381 e. The van der Waals surface area contributed by atoms with Crippen molar-refractivity contribution in [2.45, 2.75) is 26.8 Å². The van der Waals surface area contributed by atoms with E-state index in [2.05, 4.69) is 39.7 Å². The second kappa shape index (κ2) is 12.6. The van der Waals surface area contributed by atoms with Crippen LogP contribution in [0, 0.1) is 5.92 Å². The fourth-order valence-corrected chi connectivity index (χ4v) is 2.27. The summed E-state index contributed by atoms with van der Waals surface area (Å²) < 4.78 is 7.53. The first kappa shape index (κ1) is 22.4. The van der Waals surface area contributed by atoms with Crippen LogP contribution in [0.1, 0.15) is 26.1 Å². The van der Waals surface area contributed by atoms with Crippen molar-refractivity contribution in [2.75, 3.05) is 26.8 Å². The summed E-state index contributed by atoms with van der Waals surface area (Å²) in [6, 6.07) is 10.0. The summed E-state index contributed by atoms with van der Waals surface area (Å²) in [5.41, 5.74) is 1.04. The molecule has 144 valence electrons. The van der Waals surface area contributed by atoms with E-state index in [0.29, 0.717) is 12.5 Å². The van der Waals surface area contributed by atoms with Gasteiger partial charge >= 0.3 is 0 Å². The van der Waals surface area contributed by atoms with E-state index < -0.39 is 0 Å². The Labute approximate surface area is 172 Å². The van der Waals surface area contributed by atoms with Crippen LogP contribution in [0.15, 0.2) is 41.7 Å². The van der Waals surface area contributed by atoms with Crippen molar-refractivity contribution < 1.29 is 4.74 Å². The number of rotatable bonds is 9. The van der Waals surface area contributed by atoms with Gasteiger partial charge in [-0.2, -0.15) is 0 Å². The van der Waals surface area contributed by atoms with Crippen LogP contribution in [0.25, 0.3) is 5.69 Å². The largest absolute Gasteiger partial charge is 0.381 e. The molecule has 0 unspecified atom stereocenters. The van der Waals surface area contributed by atoms with Crippen LogP contribution in [0.4, 0.5) is 0 Å². The fraction of sp³-hybridized carbons (Fsp3) is 0.500. The summed E-state index contributed by atoms with van der Waals surface area (Å²) in [6.07, 6.45) is 2.65. The van der Waals surface area contributed by atoms with Crippen molar-refractivity contribution in [3.8, 4) is 5.69 Å². The lowest BCUT2D eigenvalue weighted by Gasteiger charge is -2.13. The van der Waals surface area contributed by atoms with Gasteiger partial charge in [0.05, 0.1) is 6.54 Å². The zero-order valence-electron chi connectivity index (χ0n) is 15.7. The summed E-state index contributed by atoms with van der Waals surface area (Å²) in [6.45, 7) is 7.21. The van der Waals surface area contributed by atoms with E-state index in [1.165, 1.54) is 0 Å². The third kappa shape index (κ3) is 7.69. The summed E-state index contributed by atoms with van der Waals surface area (Å²) in [5.74, 6) is 2.14. The molecule has 0 spiro atoms. The Hall–Kier alpha value is -1.68. The number of nitrogens with one attached hydrogen (secondary N) is 2. The van der Waals surface area contributed by atoms with Gasteiger partial charge in [-0.1, -0.05) is 32.0 Å². The van der Waals surface area contributed by atoms with Crippen LogP contribution in [0.3, 0.4) is 0 Å². The number of para-hydroxylation sites is 1. The molecular weight excluding hydrogens is 443 g/mol. The van der Waals surface area contributed by atoms with E-state index in [9.17, 15) is 0 Å². The summed E-state index contributed by atoms with van der Waals surface area (Å²) >= 11 is 0. The molecule has 0 amide bonds. The molecule has 2 rings (SSSR count). The third-order valence-electron chi connectivity index (χ3n) is 3.50. The molecule has 0 saturated carbocycles. The minimum absolute atomic E-state index is 0. The molecule has 1 aromatic heterocycles. The average molecular weight is 472 g/mol. The van der Waals surface area contributed by atoms with Gasteiger partial charge in [0, 0.05) is 32.5 Å². The van der Waals surface area contributed by atoms with Crippen molar-refractivity contribution in [3.05, 3.63) is 42.5 Å². The molecule has 0 aliphatic heterocycles. The Kier molecular flexibility index (Phi) is 10.9. The van der Waals surface area contributed by atoms with Crippen molar-refractivity contribution in [3.63, 3.8) is 0 Å². The van der Waals surface area contributed by atoms with Crippen molar-refractivity contribution in [1.29, 1.82) is 0 Å². The highest BCUT2D eigenvalue weighted by molar-refractivity contribution is 14.0. The van der Waals surface area contributed by atoms with Crippen molar-refractivity contribution in [2.24, 2.45) is 10.9 Å². The van der Waals surface area contributed by atoms with Gasteiger partial charge < -0.3 is 15.4 Å². The van der Waals surface area contributed by atoms with Gasteiger partial charge in [-0.05, 0) is 24.5 Å². The Morgan fingerprint density at radius 1 is 1.23 bits per heavy atom. The van der Waals surface area contributed by atoms with Crippen LogP contribution in [-0.2, 0) is 11.3 Å². The highest BCUT2D eigenvalue weighted by atomic mass is 127. The second-order valence-electron chi connectivity index (χ2n) is 6.13. The van der Waals surface area contributed by atoms with Crippen LogP contribution in [-0.4, -0.2) is 47.5 Å². The number of nitrogens with zero attached hydrogens (tertiary/aromatic N) is 4. The molecule has 2 aromatic rings. The summed E-state index contributed by atoms with van der Waals surface area (Å²) in [5, 5.41) is 14.7. The number of aromatic nitrogens is 3. The summed E-state index contributed by atoms with van der Waals surface area (Å²) in [7, 11) is 1.76. The maximum atomic E-state index is 5.57. The van der Waals surface area contributed by atoms with E-state index in [4.69, 9.17) is 4.74 Å². The van der Waals surface area contributed by atoms with Gasteiger partial charge in [0.15, 0.2) is 11.8 Å². The first-order valence-corrected chi connectivity index (χ1v) is 8.67. The molecule has 0 atom stereocenters. The molecule has 0 radical (unpaired) electrons. The van der Waals surface area contributed by atoms with Crippen molar-refractivity contribution >= 4 is 29.9 Å². The van der Waals surface area contributed by atoms with E-state index in [-0.39, 0.29) is 24.0 Å². The van der Waals surface area contributed by atoms with Crippen LogP contribution in [0.2, 0.25) is 0 Å². The van der Waals surface area contributed by atoms with Gasteiger partial charge in [0.1, 0.15) is 6.33 Å². The zero-order valence-corrected chi connectivity index (χ0v) is 18.0. The molecule has 26 heavy (non-hydrogen) atoms. The molecule has 1 aromatic carbocycles. The molecular formula is C18H29IN6O. The quantitative estimate of drug-likeness (QED) is 0.254. The van der Waals surface area contributed by atoms with Gasteiger partial charge in [0.2, 0.25) is 0 Å². The number of aliphatic imine (C=N–C) groups is 1. The van der Waals surface area contributed by atoms with Gasteiger partial charge in [-0.25, -0.2) is 0 Å². The Balaban J connectivity index is 0.00000338. The lowest BCUT2D eigenvalue weighted by atomic mass is 10.2. The number of benzene rings is 1. The fourth-order valence-electron chi connectivity index (χ4n) is 2.27. The molecule has 0 fully saturated rings. The standard InChI is InChI=1S/C18H28N6O.HI/c1-15(2)13-25-11-7-10-20-18(19-3)21-12-17-23-22-14-24(17)16-8-5-4-6-9-16;/h4-6,8-9,14-15H,7,10-13H2,1-3H3,(H2,19,20,21);1H. The first-order valence-electron chi connectivity index (χ1n) is 8.67. The zero-order chi connectivity index (χ0) is 17.9. The monoisotopic (exact) mass is 472 g/mol. The third-order valence-corrected chi connectivity index (χ3v) is 3.50. The Morgan fingerprint density at radius 2 is 2.00 bits per heavy atom. The predicted octanol–water partition coefficient (Wildman–Crippen LogP) is 2.61. The molecule has 2 N–H and O–H groups in total. The highest BCUT2D eigenvalue weighted by Crippen LogP contribution is 2.08. The van der Waals surface area contributed by atoms with E-state index in [1.54, 1.807) is 13.4 Å². The second-order valence-corrected chi connectivity index (χ2v) is 6.13. The lowest BCUT2D eigenvalue weighted by molar-refractivity contribution is 0.108. The maximum Gasteiger partial charge on any atom is 0.191 e. The van der Waals surface area contributed by atoms with Crippen LogP contribution >= 0.6 is 24.0 Å². The van der Waals surface area contributed by atoms with E-state index in [1.807, 2.05) is 34.9 Å². The molecule has 0 aliphatic carbocycles. The van der Waals surface area contributed by atoms with Gasteiger partial charge in [0.25, 0.3) is 0 Å². The highest BCUT2D eigenvalue weighted by Gasteiger charge is 2.07. The maximum absolute atomic E-state index is 5.57. The molecule has 1 heterocycles. The Bertz CT molecular complexity index is 644. The van der Waals surface area contributed by atoms with Gasteiger partial charge in [-0.3, -0.25) is 9.56 Å². The number of ether oxygens (including phenoxy) is 1. The predicted molar refractivity (Wildman–Crippen MR) is 115 cm³/mol. The number of hydrogen-bond acceptors (Lipinski definition) is 4. The summed E-state index contributed by atoms with van der Waals surface area (Å²) in [4.78, 5) is 4.23. The molecule has 0 saturated heterocycles. The molecule has 0 bridgehead atoms. The van der Waals surface area contributed by atoms with E-state index in [0.717, 1.165) is 43.7 Å². The number of guanidine groups is 1. The number of halogens is 1. The van der Waals surface area contributed by atoms with Gasteiger partial charge in [-0.15, -0.1) is 34.2 Å². The number of hydrogen-bond donors (Lipinski definition) is 2. The molecule has 8 heteroatoms. The van der Waals surface area contributed by atoms with Crippen LogP contribution < -0.4 is 10.6 Å². The van der Waals surface area contributed by atoms with Crippen molar-refractivity contribution in [1.82, 2.24) is 25.4 Å². The topological polar surface area (TPSA) is 76.4 Å². The SMILES string of the molecule is CN=C(NCCCOCC(C)C)NCc1nncn1-c1ccccc1.I.